The predicted molar refractivity (Wildman–Crippen MR) is 58.2 cm³/mol. The number of hydrogen-bond acceptors (Lipinski definition) is 2. The number of thiocarbonyl (C=S) groups is 1. The SMILES string of the molecule is Cc1cc(OC(F)F)ccc1NC(N)=S. The smallest absolute Gasteiger partial charge is 0.387 e. The average molecular weight is 232 g/mol. The molecule has 3 nitrogen and oxygen atoms in total. The molecule has 0 aliphatic heterocycles. The number of ether oxygens (including phenoxy) is 1. The topological polar surface area (TPSA) is 47.3 Å². The highest BCUT2D eigenvalue weighted by atomic mass is 32.1. The van der Waals surface area contributed by atoms with Gasteiger partial charge in [-0.15, -0.1) is 0 Å². The van der Waals surface area contributed by atoms with Crippen LogP contribution in [0.1, 0.15) is 5.56 Å². The summed E-state index contributed by atoms with van der Waals surface area (Å²) in [4.78, 5) is 0. The number of alkyl halides is 2. The van der Waals surface area contributed by atoms with E-state index in [4.69, 9.17) is 5.73 Å². The lowest BCUT2D eigenvalue weighted by Gasteiger charge is -2.10. The Labute approximate surface area is 91.2 Å². The molecule has 6 heteroatoms. The maximum absolute atomic E-state index is 11.9. The minimum atomic E-state index is -2.82. The summed E-state index contributed by atoms with van der Waals surface area (Å²) in [5.74, 6) is 0.107. The number of anilines is 1. The van der Waals surface area contributed by atoms with Crippen molar-refractivity contribution in [2.45, 2.75) is 13.5 Å². The van der Waals surface area contributed by atoms with Gasteiger partial charge in [0.25, 0.3) is 0 Å². The molecule has 0 fully saturated rings. The fourth-order valence-electron chi connectivity index (χ4n) is 1.09. The molecule has 1 aromatic rings. The van der Waals surface area contributed by atoms with Gasteiger partial charge in [0, 0.05) is 5.69 Å². The molecule has 0 heterocycles. The summed E-state index contributed by atoms with van der Waals surface area (Å²) in [6, 6.07) is 4.47. The molecule has 0 aliphatic carbocycles. The molecule has 0 radical (unpaired) electrons. The van der Waals surface area contributed by atoms with Gasteiger partial charge in [0.2, 0.25) is 0 Å². The highest BCUT2D eigenvalue weighted by molar-refractivity contribution is 7.80. The second-order valence-corrected chi connectivity index (χ2v) is 3.28. The van der Waals surface area contributed by atoms with Crippen molar-refractivity contribution in [1.82, 2.24) is 0 Å². The summed E-state index contributed by atoms with van der Waals surface area (Å²) in [5, 5.41) is 2.85. The second kappa shape index (κ2) is 4.88. The zero-order chi connectivity index (χ0) is 11.4. The molecular weight excluding hydrogens is 222 g/mol. The molecule has 0 spiro atoms. The van der Waals surface area contributed by atoms with Crippen LogP contribution in [0, 0.1) is 6.92 Å². The van der Waals surface area contributed by atoms with Crippen molar-refractivity contribution in [2.24, 2.45) is 5.73 Å². The van der Waals surface area contributed by atoms with Crippen LogP contribution in [0.15, 0.2) is 18.2 Å². The van der Waals surface area contributed by atoms with Crippen LogP contribution in [0.3, 0.4) is 0 Å². The summed E-state index contributed by atoms with van der Waals surface area (Å²) in [7, 11) is 0. The van der Waals surface area contributed by atoms with Crippen LogP contribution in [0.5, 0.6) is 5.75 Å². The molecule has 0 saturated heterocycles. The lowest BCUT2D eigenvalue weighted by Crippen LogP contribution is -2.19. The highest BCUT2D eigenvalue weighted by Crippen LogP contribution is 2.22. The minimum Gasteiger partial charge on any atom is -0.435 e. The van der Waals surface area contributed by atoms with Gasteiger partial charge in [0.05, 0.1) is 0 Å². The summed E-state index contributed by atoms with van der Waals surface area (Å²) in [6.45, 7) is -1.09. The first-order valence-corrected chi connectivity index (χ1v) is 4.52. The van der Waals surface area contributed by atoms with Gasteiger partial charge in [-0.3, -0.25) is 0 Å². The Balaban J connectivity index is 2.83. The Morgan fingerprint density at radius 2 is 2.20 bits per heavy atom. The van der Waals surface area contributed by atoms with Crippen LogP contribution >= 0.6 is 12.2 Å². The third kappa shape index (κ3) is 3.67. The fourth-order valence-corrected chi connectivity index (χ4v) is 1.20. The van der Waals surface area contributed by atoms with Crippen LogP contribution in [-0.2, 0) is 0 Å². The number of hydrogen-bond donors (Lipinski definition) is 2. The van der Waals surface area contributed by atoms with Gasteiger partial charge in [0.15, 0.2) is 5.11 Å². The summed E-state index contributed by atoms with van der Waals surface area (Å²) in [6.07, 6.45) is 0. The van der Waals surface area contributed by atoms with Gasteiger partial charge in [-0.1, -0.05) is 0 Å². The van der Waals surface area contributed by atoms with Gasteiger partial charge in [0.1, 0.15) is 5.75 Å². The zero-order valence-corrected chi connectivity index (χ0v) is 8.78. The summed E-state index contributed by atoms with van der Waals surface area (Å²) in [5.41, 5.74) is 6.67. The van der Waals surface area contributed by atoms with E-state index in [0.29, 0.717) is 5.69 Å². The van der Waals surface area contributed by atoms with Crippen LogP contribution in [0.4, 0.5) is 14.5 Å². The monoisotopic (exact) mass is 232 g/mol. The lowest BCUT2D eigenvalue weighted by atomic mass is 10.2. The number of aryl methyl sites for hydroxylation is 1. The summed E-state index contributed by atoms with van der Waals surface area (Å²) >= 11 is 4.66. The number of halogens is 2. The van der Waals surface area contributed by atoms with Gasteiger partial charge in [-0.2, -0.15) is 8.78 Å². The normalized spacial score (nSPS) is 10.1. The standard InChI is InChI=1S/C9H10F2N2OS/c1-5-4-6(14-8(10)11)2-3-7(5)13-9(12)15/h2-4,8H,1H3,(H3,12,13,15). The Kier molecular flexibility index (Phi) is 3.79. The molecule has 3 N–H and O–H groups in total. The molecule has 0 bridgehead atoms. The quantitative estimate of drug-likeness (QED) is 0.785. The molecule has 0 aromatic heterocycles. The first-order valence-electron chi connectivity index (χ1n) is 4.11. The average Bonchev–Trinajstić information content (AvgIpc) is 2.08. The Hall–Kier alpha value is -1.43. The first kappa shape index (κ1) is 11.6. The third-order valence-corrected chi connectivity index (χ3v) is 1.78. The molecule has 15 heavy (non-hydrogen) atoms. The largest absolute Gasteiger partial charge is 0.435 e. The summed E-state index contributed by atoms with van der Waals surface area (Å²) < 4.78 is 28.0. The number of nitrogens with two attached hydrogens (primary N) is 1. The van der Waals surface area contributed by atoms with Gasteiger partial charge < -0.3 is 15.8 Å². The van der Waals surface area contributed by atoms with Crippen molar-refractivity contribution in [3.63, 3.8) is 0 Å². The van der Waals surface area contributed by atoms with Crippen molar-refractivity contribution < 1.29 is 13.5 Å². The van der Waals surface area contributed by atoms with Crippen LogP contribution in [-0.4, -0.2) is 11.7 Å². The van der Waals surface area contributed by atoms with E-state index in [-0.39, 0.29) is 10.9 Å². The van der Waals surface area contributed by atoms with Crippen molar-refractivity contribution in [3.05, 3.63) is 23.8 Å². The van der Waals surface area contributed by atoms with Crippen molar-refractivity contribution in [2.75, 3.05) is 5.32 Å². The third-order valence-electron chi connectivity index (χ3n) is 1.68. The Morgan fingerprint density at radius 1 is 1.53 bits per heavy atom. The van der Waals surface area contributed by atoms with E-state index in [0.717, 1.165) is 5.56 Å². The van der Waals surface area contributed by atoms with Crippen molar-refractivity contribution in [1.29, 1.82) is 0 Å². The van der Waals surface area contributed by atoms with Crippen molar-refractivity contribution >= 4 is 23.0 Å². The zero-order valence-electron chi connectivity index (χ0n) is 7.96. The van der Waals surface area contributed by atoms with Crippen LogP contribution < -0.4 is 15.8 Å². The number of rotatable bonds is 3. The van der Waals surface area contributed by atoms with E-state index >= 15 is 0 Å². The molecule has 1 aromatic carbocycles. The van der Waals surface area contributed by atoms with E-state index in [1.165, 1.54) is 12.1 Å². The van der Waals surface area contributed by atoms with E-state index < -0.39 is 6.61 Å². The fraction of sp³-hybridized carbons (Fsp3) is 0.222. The van der Waals surface area contributed by atoms with Gasteiger partial charge in [-0.25, -0.2) is 0 Å². The maximum atomic E-state index is 11.9. The molecular formula is C9H10F2N2OS. The predicted octanol–water partition coefficient (Wildman–Crippen LogP) is 2.25. The lowest BCUT2D eigenvalue weighted by molar-refractivity contribution is -0.0498. The Bertz CT molecular complexity index is 371. The van der Waals surface area contributed by atoms with Crippen LogP contribution in [0.2, 0.25) is 0 Å². The van der Waals surface area contributed by atoms with E-state index in [2.05, 4.69) is 22.3 Å². The molecule has 0 unspecified atom stereocenters. The highest BCUT2D eigenvalue weighted by Gasteiger charge is 2.06. The molecule has 0 saturated carbocycles. The number of nitrogens with one attached hydrogen (secondary N) is 1. The van der Waals surface area contributed by atoms with Crippen LogP contribution in [0.25, 0.3) is 0 Å². The number of benzene rings is 1. The van der Waals surface area contributed by atoms with E-state index in [9.17, 15) is 8.78 Å². The molecule has 82 valence electrons. The molecule has 0 atom stereocenters. The minimum absolute atomic E-state index is 0.107. The maximum Gasteiger partial charge on any atom is 0.387 e. The van der Waals surface area contributed by atoms with Gasteiger partial charge >= 0.3 is 6.61 Å². The molecule has 0 aliphatic rings. The van der Waals surface area contributed by atoms with Gasteiger partial charge in [-0.05, 0) is 42.9 Å². The second-order valence-electron chi connectivity index (χ2n) is 2.84. The van der Waals surface area contributed by atoms with Crippen molar-refractivity contribution in [3.8, 4) is 5.75 Å². The van der Waals surface area contributed by atoms with E-state index in [1.807, 2.05) is 0 Å². The Morgan fingerprint density at radius 3 is 2.67 bits per heavy atom. The first-order chi connectivity index (χ1) is 6.99. The molecule has 1 rings (SSSR count). The van der Waals surface area contributed by atoms with E-state index in [1.54, 1.807) is 13.0 Å². The molecule has 0 amide bonds.